The van der Waals surface area contributed by atoms with Gasteiger partial charge in [0, 0.05) is 4.88 Å². The molecular formula is C20H15N3O2S3. The quantitative estimate of drug-likeness (QED) is 0.486. The van der Waals surface area contributed by atoms with Crippen LogP contribution in [0.2, 0.25) is 0 Å². The van der Waals surface area contributed by atoms with Crippen LogP contribution in [0.4, 0.5) is 5.00 Å². The molecular weight excluding hydrogens is 410 g/mol. The molecule has 2 amide bonds. The van der Waals surface area contributed by atoms with Gasteiger partial charge in [-0.2, -0.15) is 0 Å². The molecule has 0 spiro atoms. The van der Waals surface area contributed by atoms with E-state index in [2.05, 4.69) is 10.3 Å². The predicted octanol–water partition coefficient (Wildman–Crippen LogP) is 4.93. The SMILES string of the molecule is NC(=O)c1c(NC(=O)c2ccc(-c3nc4ccccc4s3)s2)sc2c1CCC2. The zero-order valence-corrected chi connectivity index (χ0v) is 17.1. The van der Waals surface area contributed by atoms with Crippen molar-refractivity contribution in [3.8, 4) is 9.88 Å². The summed E-state index contributed by atoms with van der Waals surface area (Å²) in [4.78, 5) is 32.0. The molecule has 3 heterocycles. The van der Waals surface area contributed by atoms with Crippen molar-refractivity contribution in [1.29, 1.82) is 0 Å². The van der Waals surface area contributed by atoms with Gasteiger partial charge in [-0.25, -0.2) is 4.98 Å². The molecule has 3 N–H and O–H groups in total. The molecule has 0 aliphatic heterocycles. The Balaban J connectivity index is 1.42. The first-order valence-corrected chi connectivity index (χ1v) is 11.3. The van der Waals surface area contributed by atoms with Crippen molar-refractivity contribution in [2.75, 3.05) is 5.32 Å². The molecule has 0 atom stereocenters. The molecule has 8 heteroatoms. The van der Waals surface area contributed by atoms with Gasteiger partial charge in [-0.3, -0.25) is 9.59 Å². The van der Waals surface area contributed by atoms with E-state index in [0.29, 0.717) is 15.4 Å². The van der Waals surface area contributed by atoms with Gasteiger partial charge < -0.3 is 11.1 Å². The first-order valence-electron chi connectivity index (χ1n) is 8.81. The molecule has 5 rings (SSSR count). The maximum Gasteiger partial charge on any atom is 0.266 e. The Labute approximate surface area is 172 Å². The summed E-state index contributed by atoms with van der Waals surface area (Å²) in [5.41, 5.74) is 8.02. The van der Waals surface area contributed by atoms with E-state index in [-0.39, 0.29) is 5.91 Å². The first kappa shape index (κ1) is 17.5. The number of nitrogens with two attached hydrogens (primary N) is 1. The first-order chi connectivity index (χ1) is 13.6. The average Bonchev–Trinajstić information content (AvgIpc) is 3.42. The van der Waals surface area contributed by atoms with Crippen LogP contribution in [0.15, 0.2) is 36.4 Å². The van der Waals surface area contributed by atoms with Crippen LogP contribution in [-0.2, 0) is 12.8 Å². The minimum atomic E-state index is -0.476. The van der Waals surface area contributed by atoms with Crippen molar-refractivity contribution in [1.82, 2.24) is 4.98 Å². The molecule has 0 radical (unpaired) electrons. The number of fused-ring (bicyclic) bond motifs is 2. The van der Waals surface area contributed by atoms with E-state index in [9.17, 15) is 9.59 Å². The number of amides is 2. The number of hydrogen-bond acceptors (Lipinski definition) is 6. The third kappa shape index (κ3) is 2.94. The van der Waals surface area contributed by atoms with Crippen molar-refractivity contribution in [3.63, 3.8) is 0 Å². The zero-order valence-electron chi connectivity index (χ0n) is 14.7. The van der Waals surface area contributed by atoms with E-state index < -0.39 is 5.91 Å². The van der Waals surface area contributed by atoms with E-state index in [1.807, 2.05) is 30.3 Å². The van der Waals surface area contributed by atoms with Gasteiger partial charge in [0.2, 0.25) is 0 Å². The highest BCUT2D eigenvalue weighted by atomic mass is 32.1. The number of anilines is 1. The number of para-hydroxylation sites is 1. The normalized spacial score (nSPS) is 13.0. The molecule has 140 valence electrons. The van der Waals surface area contributed by atoms with Crippen LogP contribution in [0.1, 0.15) is 36.9 Å². The Morgan fingerprint density at radius 3 is 2.71 bits per heavy atom. The summed E-state index contributed by atoms with van der Waals surface area (Å²) in [6.07, 6.45) is 2.82. The van der Waals surface area contributed by atoms with Gasteiger partial charge in [0.05, 0.1) is 25.5 Å². The number of primary amides is 1. The van der Waals surface area contributed by atoms with Crippen LogP contribution in [0.3, 0.4) is 0 Å². The molecule has 1 aromatic carbocycles. The number of aryl methyl sites for hydroxylation is 1. The van der Waals surface area contributed by atoms with Crippen LogP contribution in [0.25, 0.3) is 20.1 Å². The van der Waals surface area contributed by atoms with Crippen molar-refractivity contribution in [2.24, 2.45) is 5.73 Å². The lowest BCUT2D eigenvalue weighted by molar-refractivity contribution is 0.100. The Morgan fingerprint density at radius 2 is 1.89 bits per heavy atom. The molecule has 5 nitrogen and oxygen atoms in total. The monoisotopic (exact) mass is 425 g/mol. The van der Waals surface area contributed by atoms with Crippen LogP contribution in [-0.4, -0.2) is 16.8 Å². The molecule has 0 bridgehead atoms. The lowest BCUT2D eigenvalue weighted by atomic mass is 10.1. The van der Waals surface area contributed by atoms with Crippen LogP contribution in [0.5, 0.6) is 0 Å². The fourth-order valence-corrected chi connectivity index (χ4v) is 6.68. The molecule has 0 saturated heterocycles. The number of nitrogens with zero attached hydrogens (tertiary/aromatic N) is 1. The van der Waals surface area contributed by atoms with E-state index in [1.54, 1.807) is 17.4 Å². The minimum Gasteiger partial charge on any atom is -0.365 e. The molecule has 0 fully saturated rings. The second-order valence-corrected chi connectivity index (χ2v) is 9.75. The summed E-state index contributed by atoms with van der Waals surface area (Å²) in [6, 6.07) is 11.7. The summed E-state index contributed by atoms with van der Waals surface area (Å²) in [5.74, 6) is -0.698. The maximum absolute atomic E-state index is 12.8. The Bertz CT molecular complexity index is 1200. The molecule has 3 aromatic heterocycles. The smallest absolute Gasteiger partial charge is 0.266 e. The van der Waals surface area contributed by atoms with E-state index >= 15 is 0 Å². The van der Waals surface area contributed by atoms with Gasteiger partial charge in [0.25, 0.3) is 11.8 Å². The van der Waals surface area contributed by atoms with Gasteiger partial charge in [0.1, 0.15) is 10.0 Å². The maximum atomic E-state index is 12.8. The fourth-order valence-electron chi connectivity index (χ4n) is 3.47. The van der Waals surface area contributed by atoms with Gasteiger partial charge in [-0.15, -0.1) is 34.0 Å². The number of nitrogens with one attached hydrogen (secondary N) is 1. The molecule has 0 saturated carbocycles. The highest BCUT2D eigenvalue weighted by Gasteiger charge is 2.26. The summed E-state index contributed by atoms with van der Waals surface area (Å²) in [6.45, 7) is 0. The van der Waals surface area contributed by atoms with Crippen LogP contribution >= 0.6 is 34.0 Å². The summed E-state index contributed by atoms with van der Waals surface area (Å²) in [7, 11) is 0. The fraction of sp³-hybridized carbons (Fsp3) is 0.150. The molecule has 0 unspecified atom stereocenters. The number of carbonyl (C=O) groups is 2. The van der Waals surface area contributed by atoms with E-state index in [1.165, 1.54) is 22.7 Å². The van der Waals surface area contributed by atoms with Crippen molar-refractivity contribution in [3.05, 3.63) is 57.3 Å². The second kappa shape index (κ2) is 6.80. The highest BCUT2D eigenvalue weighted by molar-refractivity contribution is 7.26. The van der Waals surface area contributed by atoms with Crippen molar-refractivity contribution in [2.45, 2.75) is 19.3 Å². The van der Waals surface area contributed by atoms with Crippen LogP contribution < -0.4 is 11.1 Å². The van der Waals surface area contributed by atoms with E-state index in [4.69, 9.17) is 5.73 Å². The number of rotatable bonds is 4. The Morgan fingerprint density at radius 1 is 1.04 bits per heavy atom. The van der Waals surface area contributed by atoms with Gasteiger partial charge in [-0.05, 0) is 49.1 Å². The van der Waals surface area contributed by atoms with Gasteiger partial charge in [0.15, 0.2) is 0 Å². The summed E-state index contributed by atoms with van der Waals surface area (Å²) >= 11 is 4.48. The average molecular weight is 426 g/mol. The second-order valence-electron chi connectivity index (χ2n) is 6.53. The van der Waals surface area contributed by atoms with Crippen molar-refractivity contribution >= 4 is 61.0 Å². The molecule has 1 aliphatic rings. The lowest BCUT2D eigenvalue weighted by Crippen LogP contribution is -2.17. The Hall–Kier alpha value is -2.55. The molecule has 28 heavy (non-hydrogen) atoms. The Kier molecular flexibility index (Phi) is 4.26. The topological polar surface area (TPSA) is 85.1 Å². The predicted molar refractivity (Wildman–Crippen MR) is 116 cm³/mol. The van der Waals surface area contributed by atoms with Crippen molar-refractivity contribution < 1.29 is 9.59 Å². The number of aromatic nitrogens is 1. The van der Waals surface area contributed by atoms with E-state index in [0.717, 1.165) is 49.8 Å². The van der Waals surface area contributed by atoms with Gasteiger partial charge >= 0.3 is 0 Å². The van der Waals surface area contributed by atoms with Gasteiger partial charge in [-0.1, -0.05) is 12.1 Å². The largest absolute Gasteiger partial charge is 0.365 e. The third-order valence-corrected chi connectivity index (χ3v) is 8.23. The standard InChI is InChI=1S/C20H15N3O2S3/c21-17(24)16-10-4-3-7-12(10)27-20(16)23-18(25)14-8-9-15(26-14)19-22-11-5-1-2-6-13(11)28-19/h1-2,5-6,8-9H,3-4,7H2,(H2,21,24)(H,23,25). The summed E-state index contributed by atoms with van der Waals surface area (Å²) in [5, 5.41) is 4.37. The number of thiophene rings is 2. The number of thiazole rings is 1. The lowest BCUT2D eigenvalue weighted by Gasteiger charge is -2.04. The number of benzene rings is 1. The third-order valence-electron chi connectivity index (χ3n) is 4.73. The van der Waals surface area contributed by atoms with Crippen LogP contribution in [0, 0.1) is 0 Å². The zero-order chi connectivity index (χ0) is 19.3. The highest BCUT2D eigenvalue weighted by Crippen LogP contribution is 2.40. The number of hydrogen-bond donors (Lipinski definition) is 2. The molecule has 1 aliphatic carbocycles. The number of carbonyl (C=O) groups excluding carboxylic acids is 2. The minimum absolute atomic E-state index is 0.222. The summed E-state index contributed by atoms with van der Waals surface area (Å²) < 4.78 is 1.12. The molecule has 4 aromatic rings.